The minimum Gasteiger partial charge on any atom is -0.484 e. The van der Waals surface area contributed by atoms with Gasteiger partial charge in [0.2, 0.25) is 0 Å². The SMILES string of the molecule is CC(CCNC(=O)COc1ccc(Cl)cc1)C(=O)O. The van der Waals surface area contributed by atoms with E-state index in [-0.39, 0.29) is 12.5 Å². The number of ether oxygens (including phenoxy) is 1. The molecule has 0 radical (unpaired) electrons. The molecule has 6 heteroatoms. The van der Waals surface area contributed by atoms with Crippen LogP contribution in [0.4, 0.5) is 0 Å². The van der Waals surface area contributed by atoms with E-state index in [1.54, 1.807) is 31.2 Å². The van der Waals surface area contributed by atoms with Crippen LogP contribution in [-0.2, 0) is 9.59 Å². The molecular formula is C13H16ClNO4. The number of benzene rings is 1. The van der Waals surface area contributed by atoms with E-state index in [0.717, 1.165) is 0 Å². The van der Waals surface area contributed by atoms with Crippen molar-refractivity contribution in [2.45, 2.75) is 13.3 Å². The van der Waals surface area contributed by atoms with E-state index in [0.29, 0.717) is 23.7 Å². The van der Waals surface area contributed by atoms with Crippen LogP contribution in [0.25, 0.3) is 0 Å². The molecule has 0 aromatic heterocycles. The second kappa shape index (κ2) is 7.63. The van der Waals surface area contributed by atoms with Crippen LogP contribution in [0.15, 0.2) is 24.3 Å². The Bertz CT molecular complexity index is 433. The maximum atomic E-state index is 11.4. The lowest BCUT2D eigenvalue weighted by Crippen LogP contribution is -2.31. The van der Waals surface area contributed by atoms with Crippen molar-refractivity contribution < 1.29 is 19.4 Å². The number of carbonyl (C=O) groups is 2. The molecular weight excluding hydrogens is 270 g/mol. The van der Waals surface area contributed by atoms with E-state index in [4.69, 9.17) is 21.4 Å². The molecule has 104 valence electrons. The van der Waals surface area contributed by atoms with Gasteiger partial charge in [-0.2, -0.15) is 0 Å². The Morgan fingerprint density at radius 2 is 2.00 bits per heavy atom. The second-order valence-corrected chi connectivity index (χ2v) is 4.56. The summed E-state index contributed by atoms with van der Waals surface area (Å²) in [6, 6.07) is 6.68. The number of carboxylic acid groups (broad SMARTS) is 1. The minimum absolute atomic E-state index is 0.108. The summed E-state index contributed by atoms with van der Waals surface area (Å²) in [4.78, 5) is 22.0. The summed E-state index contributed by atoms with van der Waals surface area (Å²) in [5, 5.41) is 11.9. The van der Waals surface area contributed by atoms with Crippen LogP contribution in [0.5, 0.6) is 5.75 Å². The first-order valence-corrected chi connectivity index (χ1v) is 6.24. The van der Waals surface area contributed by atoms with Gasteiger partial charge in [-0.15, -0.1) is 0 Å². The van der Waals surface area contributed by atoms with Crippen molar-refractivity contribution >= 4 is 23.5 Å². The number of hydrogen-bond acceptors (Lipinski definition) is 3. The highest BCUT2D eigenvalue weighted by atomic mass is 35.5. The Labute approximate surface area is 116 Å². The molecule has 0 saturated carbocycles. The Morgan fingerprint density at radius 3 is 2.58 bits per heavy atom. The van der Waals surface area contributed by atoms with Crippen LogP contribution >= 0.6 is 11.6 Å². The highest BCUT2D eigenvalue weighted by molar-refractivity contribution is 6.30. The number of halogens is 1. The van der Waals surface area contributed by atoms with Crippen molar-refractivity contribution in [1.82, 2.24) is 5.32 Å². The molecule has 1 unspecified atom stereocenters. The zero-order chi connectivity index (χ0) is 14.3. The highest BCUT2D eigenvalue weighted by Crippen LogP contribution is 2.15. The molecule has 2 N–H and O–H groups in total. The van der Waals surface area contributed by atoms with Gasteiger partial charge in [0.1, 0.15) is 5.75 Å². The summed E-state index contributed by atoms with van der Waals surface area (Å²) in [7, 11) is 0. The maximum absolute atomic E-state index is 11.4. The molecule has 1 amide bonds. The molecule has 19 heavy (non-hydrogen) atoms. The lowest BCUT2D eigenvalue weighted by Gasteiger charge is -2.09. The van der Waals surface area contributed by atoms with Crippen molar-refractivity contribution in [2.24, 2.45) is 5.92 Å². The van der Waals surface area contributed by atoms with Gasteiger partial charge in [0, 0.05) is 11.6 Å². The maximum Gasteiger partial charge on any atom is 0.306 e. The third kappa shape index (κ3) is 6.10. The second-order valence-electron chi connectivity index (χ2n) is 4.12. The normalized spacial score (nSPS) is 11.7. The molecule has 5 nitrogen and oxygen atoms in total. The minimum atomic E-state index is -0.869. The van der Waals surface area contributed by atoms with E-state index in [1.165, 1.54) is 0 Å². The van der Waals surface area contributed by atoms with Crippen molar-refractivity contribution in [3.63, 3.8) is 0 Å². The average Bonchev–Trinajstić information content (AvgIpc) is 2.37. The number of nitrogens with one attached hydrogen (secondary N) is 1. The third-order valence-electron chi connectivity index (χ3n) is 2.50. The Balaban J connectivity index is 2.21. The van der Waals surface area contributed by atoms with Crippen LogP contribution in [0.2, 0.25) is 5.02 Å². The Hall–Kier alpha value is -1.75. The average molecular weight is 286 g/mol. The zero-order valence-electron chi connectivity index (χ0n) is 10.6. The summed E-state index contributed by atoms with van der Waals surface area (Å²) in [5.74, 6) is -1.07. The van der Waals surface area contributed by atoms with Crippen molar-refractivity contribution in [3.8, 4) is 5.75 Å². The van der Waals surface area contributed by atoms with Crippen molar-refractivity contribution in [1.29, 1.82) is 0 Å². The molecule has 1 aromatic rings. The lowest BCUT2D eigenvalue weighted by atomic mass is 10.1. The van der Waals surface area contributed by atoms with E-state index in [9.17, 15) is 9.59 Å². The fourth-order valence-corrected chi connectivity index (χ4v) is 1.41. The van der Waals surface area contributed by atoms with Crippen LogP contribution < -0.4 is 10.1 Å². The number of rotatable bonds is 7. The smallest absolute Gasteiger partial charge is 0.306 e. The quantitative estimate of drug-likeness (QED) is 0.803. The van der Waals surface area contributed by atoms with Crippen LogP contribution in [0.1, 0.15) is 13.3 Å². The van der Waals surface area contributed by atoms with Crippen molar-refractivity contribution in [2.75, 3.05) is 13.2 Å². The largest absolute Gasteiger partial charge is 0.484 e. The molecule has 0 saturated heterocycles. The summed E-state index contributed by atoms with van der Waals surface area (Å²) >= 11 is 5.72. The number of carboxylic acids is 1. The first-order chi connectivity index (χ1) is 8.99. The van der Waals surface area contributed by atoms with Crippen LogP contribution in [0.3, 0.4) is 0 Å². The summed E-state index contributed by atoms with van der Waals surface area (Å²) in [6.07, 6.45) is 0.391. The zero-order valence-corrected chi connectivity index (χ0v) is 11.3. The molecule has 0 aliphatic carbocycles. The van der Waals surface area contributed by atoms with Gasteiger partial charge in [0.15, 0.2) is 6.61 Å². The molecule has 1 atom stereocenters. The molecule has 0 bridgehead atoms. The van der Waals surface area contributed by atoms with Crippen LogP contribution in [-0.4, -0.2) is 30.1 Å². The van der Waals surface area contributed by atoms with Gasteiger partial charge in [-0.05, 0) is 30.7 Å². The first-order valence-electron chi connectivity index (χ1n) is 5.87. The monoisotopic (exact) mass is 285 g/mol. The van der Waals surface area contributed by atoms with Crippen LogP contribution in [0, 0.1) is 5.92 Å². The Kier molecular flexibility index (Phi) is 6.15. The molecule has 0 heterocycles. The summed E-state index contributed by atoms with van der Waals surface area (Å²) < 4.78 is 5.24. The topological polar surface area (TPSA) is 75.6 Å². The van der Waals surface area contributed by atoms with E-state index >= 15 is 0 Å². The first kappa shape index (κ1) is 15.3. The van der Waals surface area contributed by atoms with E-state index in [2.05, 4.69) is 5.32 Å². The van der Waals surface area contributed by atoms with Gasteiger partial charge in [-0.3, -0.25) is 9.59 Å². The van der Waals surface area contributed by atoms with Gasteiger partial charge in [0.25, 0.3) is 5.91 Å². The highest BCUT2D eigenvalue weighted by Gasteiger charge is 2.10. The molecule has 0 spiro atoms. The fourth-order valence-electron chi connectivity index (χ4n) is 1.28. The molecule has 0 aliphatic heterocycles. The van der Waals surface area contributed by atoms with Gasteiger partial charge < -0.3 is 15.2 Å². The molecule has 0 fully saturated rings. The molecule has 1 rings (SSSR count). The van der Waals surface area contributed by atoms with Gasteiger partial charge >= 0.3 is 5.97 Å². The standard InChI is InChI=1S/C13H16ClNO4/c1-9(13(17)18)6-7-15-12(16)8-19-11-4-2-10(14)3-5-11/h2-5,9H,6-8H2,1H3,(H,15,16)(H,17,18). The predicted molar refractivity (Wildman–Crippen MR) is 71.4 cm³/mol. The van der Waals surface area contributed by atoms with Gasteiger partial charge in [0.05, 0.1) is 5.92 Å². The number of amides is 1. The predicted octanol–water partition coefficient (Wildman–Crippen LogP) is 1.95. The number of carbonyl (C=O) groups excluding carboxylic acids is 1. The van der Waals surface area contributed by atoms with Crippen molar-refractivity contribution in [3.05, 3.63) is 29.3 Å². The summed E-state index contributed by atoms with van der Waals surface area (Å²) in [5.41, 5.74) is 0. The molecule has 0 aliphatic rings. The fraction of sp³-hybridized carbons (Fsp3) is 0.385. The lowest BCUT2D eigenvalue weighted by molar-refractivity contribution is -0.141. The van der Waals surface area contributed by atoms with Gasteiger partial charge in [-0.1, -0.05) is 18.5 Å². The van der Waals surface area contributed by atoms with Gasteiger partial charge in [-0.25, -0.2) is 0 Å². The Morgan fingerprint density at radius 1 is 1.37 bits per heavy atom. The third-order valence-corrected chi connectivity index (χ3v) is 2.76. The number of aliphatic carboxylic acids is 1. The van der Waals surface area contributed by atoms with E-state index < -0.39 is 11.9 Å². The van der Waals surface area contributed by atoms with E-state index in [1.807, 2.05) is 0 Å². The summed E-state index contributed by atoms with van der Waals surface area (Å²) in [6.45, 7) is 1.80. The molecule has 1 aromatic carbocycles. The number of hydrogen-bond donors (Lipinski definition) is 2.